The van der Waals surface area contributed by atoms with E-state index in [1.807, 2.05) is 17.0 Å². The molecule has 1 aliphatic rings. The third-order valence-corrected chi connectivity index (χ3v) is 5.26. The van der Waals surface area contributed by atoms with Crippen molar-refractivity contribution in [3.05, 3.63) is 58.4 Å². The molecule has 0 radical (unpaired) electrons. The zero-order valence-corrected chi connectivity index (χ0v) is 14.9. The van der Waals surface area contributed by atoms with Gasteiger partial charge >= 0.3 is 0 Å². The quantitative estimate of drug-likeness (QED) is 0.746. The molecular formula is C18H18N6OS. The standard InChI is InChI=1S/C18H18N6OS/c25-16(20-11-6-13-4-9-19-10-5-13)17-23-15-14(26-17)3-1-12-24(15)18-21-7-2-8-22-18/h2,4-5,7-10H,1,3,6,11-12H2,(H,20,25). The lowest BCUT2D eigenvalue weighted by atomic mass is 10.2. The van der Waals surface area contributed by atoms with Crippen LogP contribution in [0.25, 0.3) is 0 Å². The van der Waals surface area contributed by atoms with E-state index in [1.165, 1.54) is 11.3 Å². The molecule has 0 saturated carbocycles. The van der Waals surface area contributed by atoms with Crippen LogP contribution in [0.5, 0.6) is 0 Å². The van der Waals surface area contributed by atoms with E-state index < -0.39 is 0 Å². The Morgan fingerprint density at radius 1 is 1.19 bits per heavy atom. The molecule has 3 aromatic heterocycles. The zero-order chi connectivity index (χ0) is 17.8. The van der Waals surface area contributed by atoms with Gasteiger partial charge in [-0.3, -0.25) is 14.7 Å². The summed E-state index contributed by atoms with van der Waals surface area (Å²) in [5.74, 6) is 1.31. The Morgan fingerprint density at radius 3 is 2.81 bits per heavy atom. The third kappa shape index (κ3) is 3.55. The lowest BCUT2D eigenvalue weighted by molar-refractivity contribution is 0.0954. The molecule has 0 atom stereocenters. The lowest BCUT2D eigenvalue weighted by Crippen LogP contribution is -2.27. The molecule has 7 nitrogen and oxygen atoms in total. The molecule has 0 aliphatic carbocycles. The molecular weight excluding hydrogens is 348 g/mol. The van der Waals surface area contributed by atoms with Gasteiger partial charge in [-0.15, -0.1) is 11.3 Å². The number of thiazole rings is 1. The van der Waals surface area contributed by atoms with Crippen LogP contribution in [0.4, 0.5) is 11.8 Å². The zero-order valence-electron chi connectivity index (χ0n) is 14.1. The minimum atomic E-state index is -0.132. The van der Waals surface area contributed by atoms with E-state index in [9.17, 15) is 4.79 Å². The highest BCUT2D eigenvalue weighted by Crippen LogP contribution is 2.34. The van der Waals surface area contributed by atoms with E-state index in [-0.39, 0.29) is 5.91 Å². The molecule has 0 saturated heterocycles. The van der Waals surface area contributed by atoms with Crippen molar-refractivity contribution in [2.45, 2.75) is 19.3 Å². The summed E-state index contributed by atoms with van der Waals surface area (Å²) < 4.78 is 0. The first-order chi connectivity index (χ1) is 12.8. The Labute approximate surface area is 155 Å². The Kier molecular flexibility index (Phi) is 4.83. The SMILES string of the molecule is O=C(NCCc1ccncc1)c1nc2c(s1)CCCN2c1ncccn1. The number of amides is 1. The molecule has 0 aromatic carbocycles. The molecule has 1 amide bonds. The van der Waals surface area contributed by atoms with Crippen molar-refractivity contribution in [1.29, 1.82) is 0 Å². The Hall–Kier alpha value is -2.87. The van der Waals surface area contributed by atoms with Crippen LogP contribution in [-0.2, 0) is 12.8 Å². The van der Waals surface area contributed by atoms with Gasteiger partial charge in [0.1, 0.15) is 0 Å². The van der Waals surface area contributed by atoms with Crippen LogP contribution in [0.15, 0.2) is 43.0 Å². The van der Waals surface area contributed by atoms with Crippen molar-refractivity contribution < 1.29 is 4.79 Å². The van der Waals surface area contributed by atoms with Gasteiger partial charge < -0.3 is 5.32 Å². The predicted octanol–water partition coefficient (Wildman–Crippen LogP) is 2.38. The second-order valence-electron chi connectivity index (χ2n) is 5.93. The number of aromatic nitrogens is 4. The maximum Gasteiger partial charge on any atom is 0.280 e. The summed E-state index contributed by atoms with van der Waals surface area (Å²) in [5.41, 5.74) is 1.14. The summed E-state index contributed by atoms with van der Waals surface area (Å²) in [5, 5.41) is 3.44. The van der Waals surface area contributed by atoms with Crippen LogP contribution in [-0.4, -0.2) is 38.9 Å². The highest BCUT2D eigenvalue weighted by Gasteiger charge is 2.26. The lowest BCUT2D eigenvalue weighted by Gasteiger charge is -2.25. The van der Waals surface area contributed by atoms with Crippen molar-refractivity contribution in [1.82, 2.24) is 25.3 Å². The number of fused-ring (bicyclic) bond motifs is 1. The summed E-state index contributed by atoms with van der Waals surface area (Å²) in [4.78, 5) is 32.8. The van der Waals surface area contributed by atoms with Crippen LogP contribution < -0.4 is 10.2 Å². The third-order valence-electron chi connectivity index (χ3n) is 4.15. The Morgan fingerprint density at radius 2 is 2.00 bits per heavy atom. The molecule has 1 aliphatic heterocycles. The van der Waals surface area contributed by atoms with Crippen LogP contribution in [0.2, 0.25) is 0 Å². The topological polar surface area (TPSA) is 83.9 Å². The van der Waals surface area contributed by atoms with Gasteiger partial charge in [0.25, 0.3) is 5.91 Å². The van der Waals surface area contributed by atoms with Crippen LogP contribution in [0.3, 0.4) is 0 Å². The highest BCUT2D eigenvalue weighted by molar-refractivity contribution is 7.14. The van der Waals surface area contributed by atoms with Crippen LogP contribution >= 0.6 is 11.3 Å². The summed E-state index contributed by atoms with van der Waals surface area (Å²) in [6.45, 7) is 1.38. The molecule has 4 heterocycles. The number of carbonyl (C=O) groups excluding carboxylic acids is 1. The molecule has 0 bridgehead atoms. The van der Waals surface area contributed by atoms with Gasteiger partial charge in [-0.05, 0) is 43.0 Å². The van der Waals surface area contributed by atoms with Crippen molar-refractivity contribution in [2.24, 2.45) is 0 Å². The van der Waals surface area contributed by atoms with Gasteiger partial charge in [-0.25, -0.2) is 15.0 Å². The fourth-order valence-electron chi connectivity index (χ4n) is 2.89. The average molecular weight is 366 g/mol. The van der Waals surface area contributed by atoms with E-state index in [2.05, 4.69) is 25.3 Å². The number of aryl methyl sites for hydroxylation is 1. The second-order valence-corrected chi connectivity index (χ2v) is 7.01. The first-order valence-corrected chi connectivity index (χ1v) is 9.34. The van der Waals surface area contributed by atoms with E-state index >= 15 is 0 Å². The van der Waals surface area contributed by atoms with E-state index in [0.29, 0.717) is 17.5 Å². The van der Waals surface area contributed by atoms with Gasteiger partial charge in [0, 0.05) is 42.8 Å². The summed E-state index contributed by atoms with van der Waals surface area (Å²) in [6, 6.07) is 5.69. The first-order valence-electron chi connectivity index (χ1n) is 8.52. The summed E-state index contributed by atoms with van der Waals surface area (Å²) in [6.07, 6.45) is 9.64. The van der Waals surface area contributed by atoms with Gasteiger partial charge in [-0.1, -0.05) is 0 Å². The molecule has 1 N–H and O–H groups in total. The number of hydrogen-bond acceptors (Lipinski definition) is 7. The molecule has 0 fully saturated rings. The van der Waals surface area contributed by atoms with Crippen molar-refractivity contribution >= 4 is 29.0 Å². The van der Waals surface area contributed by atoms with Gasteiger partial charge in [0.15, 0.2) is 10.8 Å². The second kappa shape index (κ2) is 7.57. The van der Waals surface area contributed by atoms with Crippen molar-refractivity contribution in [3.63, 3.8) is 0 Å². The molecule has 26 heavy (non-hydrogen) atoms. The Balaban J connectivity index is 1.45. The number of carbonyl (C=O) groups is 1. The van der Waals surface area contributed by atoms with Gasteiger partial charge in [-0.2, -0.15) is 0 Å². The maximum absolute atomic E-state index is 12.5. The average Bonchev–Trinajstić information content (AvgIpc) is 3.14. The van der Waals surface area contributed by atoms with Crippen molar-refractivity contribution in [3.8, 4) is 0 Å². The monoisotopic (exact) mass is 366 g/mol. The molecule has 132 valence electrons. The summed E-state index contributed by atoms with van der Waals surface area (Å²) in [7, 11) is 0. The smallest absolute Gasteiger partial charge is 0.280 e. The molecule has 0 spiro atoms. The highest BCUT2D eigenvalue weighted by atomic mass is 32.1. The molecule has 4 rings (SSSR count). The number of nitrogens with zero attached hydrogens (tertiary/aromatic N) is 5. The maximum atomic E-state index is 12.5. The number of pyridine rings is 1. The number of anilines is 2. The number of rotatable bonds is 5. The van der Waals surface area contributed by atoms with Crippen LogP contribution in [0.1, 0.15) is 26.7 Å². The normalized spacial score (nSPS) is 13.3. The van der Waals surface area contributed by atoms with Crippen LogP contribution in [0, 0.1) is 0 Å². The number of nitrogens with one attached hydrogen (secondary N) is 1. The van der Waals surface area contributed by atoms with Crippen molar-refractivity contribution in [2.75, 3.05) is 18.0 Å². The minimum absolute atomic E-state index is 0.132. The van der Waals surface area contributed by atoms with Gasteiger partial charge in [0.2, 0.25) is 5.95 Å². The Bertz CT molecular complexity index is 883. The molecule has 8 heteroatoms. The molecule has 3 aromatic rings. The minimum Gasteiger partial charge on any atom is -0.350 e. The summed E-state index contributed by atoms with van der Waals surface area (Å²) >= 11 is 1.46. The number of hydrogen-bond donors (Lipinski definition) is 1. The first kappa shape index (κ1) is 16.6. The largest absolute Gasteiger partial charge is 0.350 e. The van der Waals surface area contributed by atoms with E-state index in [4.69, 9.17) is 0 Å². The fraction of sp³-hybridized carbons (Fsp3) is 0.278. The van der Waals surface area contributed by atoms with E-state index in [1.54, 1.807) is 30.9 Å². The predicted molar refractivity (Wildman–Crippen MR) is 99.7 cm³/mol. The molecule has 0 unspecified atom stereocenters. The fourth-order valence-corrected chi connectivity index (χ4v) is 3.91. The van der Waals surface area contributed by atoms with E-state index in [0.717, 1.165) is 42.1 Å². The van der Waals surface area contributed by atoms with Gasteiger partial charge in [0.05, 0.1) is 0 Å².